The van der Waals surface area contributed by atoms with Crippen LogP contribution in [0.3, 0.4) is 0 Å². The quantitative estimate of drug-likeness (QED) is 0.266. The average molecular weight is 391 g/mol. The first kappa shape index (κ1) is 24.1. The van der Waals surface area contributed by atoms with Crippen molar-refractivity contribution < 1.29 is 19.0 Å². The fourth-order valence-electron chi connectivity index (χ4n) is 2.82. The Morgan fingerprint density at radius 2 is 1.50 bits per heavy atom. The van der Waals surface area contributed by atoms with E-state index in [-0.39, 0.29) is 6.61 Å². The smallest absolute Gasteiger partial charge is 0.344 e. The highest BCUT2D eigenvalue weighted by atomic mass is 16.6. The Hall–Kier alpha value is -1.97. The molecule has 0 spiro atoms. The Labute approximate surface area is 171 Å². The summed E-state index contributed by atoms with van der Waals surface area (Å²) < 4.78 is 16.7. The lowest BCUT2D eigenvalue weighted by atomic mass is 10.1. The number of rotatable bonds is 14. The molecule has 0 atom stereocenters. The van der Waals surface area contributed by atoms with Crippen molar-refractivity contribution in [3.05, 3.63) is 30.3 Å². The zero-order valence-corrected chi connectivity index (χ0v) is 18.2. The number of hydrogen-bond donors (Lipinski definition) is 0. The molecule has 0 aromatic heterocycles. The number of carbonyl (C=O) groups is 1. The molecule has 0 saturated carbocycles. The number of carbonyl (C=O) groups excluding carboxylic acids is 1. The van der Waals surface area contributed by atoms with Gasteiger partial charge < -0.3 is 14.2 Å². The first-order chi connectivity index (χ1) is 13.3. The molecule has 0 aliphatic heterocycles. The predicted molar refractivity (Wildman–Crippen MR) is 116 cm³/mol. The molecule has 4 nitrogen and oxygen atoms in total. The van der Waals surface area contributed by atoms with Gasteiger partial charge in [0.15, 0.2) is 6.61 Å². The van der Waals surface area contributed by atoms with E-state index in [9.17, 15) is 4.79 Å². The summed E-state index contributed by atoms with van der Waals surface area (Å²) in [6.45, 7) is 12.1. The lowest BCUT2D eigenvalue weighted by Crippen LogP contribution is -2.27. The summed E-state index contributed by atoms with van der Waals surface area (Å²) in [4.78, 5) is 11.8. The third-order valence-electron chi connectivity index (χ3n) is 4.18. The van der Waals surface area contributed by atoms with Crippen molar-refractivity contribution in [2.24, 2.45) is 0 Å². The van der Waals surface area contributed by atoms with E-state index in [2.05, 4.69) is 13.5 Å². The highest BCUT2D eigenvalue weighted by molar-refractivity contribution is 5.71. The van der Waals surface area contributed by atoms with E-state index in [1.165, 1.54) is 44.9 Å². The molecule has 0 radical (unpaired) electrons. The maximum atomic E-state index is 11.8. The van der Waals surface area contributed by atoms with Crippen molar-refractivity contribution in [2.75, 3.05) is 13.2 Å². The van der Waals surface area contributed by atoms with Crippen LogP contribution in [0.15, 0.2) is 24.8 Å². The molecule has 0 N–H and O–H groups in total. The second-order valence-corrected chi connectivity index (χ2v) is 8.14. The van der Waals surface area contributed by atoms with Crippen LogP contribution in [0.4, 0.5) is 0 Å². The van der Waals surface area contributed by atoms with Gasteiger partial charge in [-0.25, -0.2) is 4.79 Å². The van der Waals surface area contributed by atoms with Crippen molar-refractivity contribution in [2.45, 2.75) is 84.7 Å². The summed E-state index contributed by atoms with van der Waals surface area (Å²) in [5.41, 5.74) is 0.376. The lowest BCUT2D eigenvalue weighted by Gasteiger charge is -2.19. The van der Waals surface area contributed by atoms with Gasteiger partial charge in [-0.1, -0.05) is 64.5 Å². The van der Waals surface area contributed by atoms with Crippen LogP contribution in [0.25, 0.3) is 6.08 Å². The van der Waals surface area contributed by atoms with Crippen molar-refractivity contribution in [1.29, 1.82) is 0 Å². The molecule has 4 heteroatoms. The molecule has 0 heterocycles. The maximum Gasteiger partial charge on any atom is 0.344 e. The van der Waals surface area contributed by atoms with Crippen LogP contribution in [0.2, 0.25) is 0 Å². The number of hydrogen-bond acceptors (Lipinski definition) is 4. The Kier molecular flexibility index (Phi) is 11.4. The molecule has 1 aromatic carbocycles. The molecule has 0 amide bonds. The summed E-state index contributed by atoms with van der Waals surface area (Å²) in [6.07, 6.45) is 11.9. The van der Waals surface area contributed by atoms with Gasteiger partial charge in [-0.3, -0.25) is 0 Å². The summed E-state index contributed by atoms with van der Waals surface area (Å²) in [7, 11) is 0. The van der Waals surface area contributed by atoms with E-state index in [0.717, 1.165) is 17.7 Å². The largest absolute Gasteiger partial charge is 0.493 e. The fourth-order valence-corrected chi connectivity index (χ4v) is 2.82. The van der Waals surface area contributed by atoms with Crippen LogP contribution in [-0.2, 0) is 9.53 Å². The molecule has 0 fully saturated rings. The minimum atomic E-state index is -0.520. The molecule has 1 rings (SSSR count). The second kappa shape index (κ2) is 13.2. The molecular formula is C24H38O4. The minimum absolute atomic E-state index is 0.130. The summed E-state index contributed by atoms with van der Waals surface area (Å²) in [5, 5.41) is 0. The van der Waals surface area contributed by atoms with Gasteiger partial charge >= 0.3 is 5.97 Å². The highest BCUT2D eigenvalue weighted by Gasteiger charge is 2.16. The number of esters is 1. The van der Waals surface area contributed by atoms with Gasteiger partial charge in [0, 0.05) is 6.07 Å². The van der Waals surface area contributed by atoms with Crippen LogP contribution in [0.1, 0.15) is 84.6 Å². The molecular weight excluding hydrogens is 352 g/mol. The third kappa shape index (κ3) is 11.7. The highest BCUT2D eigenvalue weighted by Crippen LogP contribution is 2.24. The Bertz CT molecular complexity index is 587. The van der Waals surface area contributed by atoms with E-state index in [4.69, 9.17) is 14.2 Å². The Morgan fingerprint density at radius 1 is 0.929 bits per heavy atom. The van der Waals surface area contributed by atoms with E-state index in [0.29, 0.717) is 12.4 Å². The van der Waals surface area contributed by atoms with E-state index in [1.807, 2.05) is 39.0 Å². The van der Waals surface area contributed by atoms with Crippen molar-refractivity contribution in [3.63, 3.8) is 0 Å². The van der Waals surface area contributed by atoms with Gasteiger partial charge in [-0.15, -0.1) is 0 Å². The predicted octanol–water partition coefficient (Wildman–Crippen LogP) is 6.57. The van der Waals surface area contributed by atoms with E-state index in [1.54, 1.807) is 6.08 Å². The van der Waals surface area contributed by atoms with Gasteiger partial charge in [0.25, 0.3) is 0 Å². The number of unbranched alkanes of at least 4 members (excludes halogenated alkanes) is 7. The third-order valence-corrected chi connectivity index (χ3v) is 4.18. The SMILES string of the molecule is C=Cc1cc(OCCCCCCCCCC)cc(OCC(=O)OC(C)(C)C)c1. The van der Waals surface area contributed by atoms with Crippen molar-refractivity contribution in [3.8, 4) is 11.5 Å². The summed E-state index contributed by atoms with van der Waals surface area (Å²) in [5.74, 6) is 0.923. The molecule has 0 saturated heterocycles. The van der Waals surface area contributed by atoms with Gasteiger partial charge in [0.1, 0.15) is 17.1 Å². The van der Waals surface area contributed by atoms with Crippen LogP contribution in [0.5, 0.6) is 11.5 Å². The van der Waals surface area contributed by atoms with Crippen LogP contribution >= 0.6 is 0 Å². The van der Waals surface area contributed by atoms with Crippen LogP contribution in [0, 0.1) is 0 Å². The Balaban J connectivity index is 2.38. The summed E-state index contributed by atoms with van der Waals surface area (Å²) >= 11 is 0. The second-order valence-electron chi connectivity index (χ2n) is 8.14. The van der Waals surface area contributed by atoms with Gasteiger partial charge in [0.05, 0.1) is 6.61 Å². The molecule has 0 aliphatic carbocycles. The average Bonchev–Trinajstić information content (AvgIpc) is 2.63. The van der Waals surface area contributed by atoms with Gasteiger partial charge in [-0.2, -0.15) is 0 Å². The molecule has 158 valence electrons. The van der Waals surface area contributed by atoms with Gasteiger partial charge in [-0.05, 0) is 44.9 Å². The normalized spacial score (nSPS) is 11.1. The monoisotopic (exact) mass is 390 g/mol. The van der Waals surface area contributed by atoms with Crippen LogP contribution < -0.4 is 9.47 Å². The standard InChI is InChI=1S/C24H38O4/c1-6-8-9-10-11-12-13-14-15-26-21-16-20(7-2)17-22(18-21)27-19-23(25)28-24(3,4)5/h7,16-18H,2,6,8-15,19H2,1,3-5H3. The first-order valence-corrected chi connectivity index (χ1v) is 10.6. The topological polar surface area (TPSA) is 44.8 Å². The zero-order valence-electron chi connectivity index (χ0n) is 18.2. The fraction of sp³-hybridized carbons (Fsp3) is 0.625. The molecule has 1 aromatic rings. The molecule has 28 heavy (non-hydrogen) atoms. The first-order valence-electron chi connectivity index (χ1n) is 10.6. The van der Waals surface area contributed by atoms with Crippen molar-refractivity contribution >= 4 is 12.0 Å². The zero-order chi connectivity index (χ0) is 20.8. The molecule has 0 aliphatic rings. The van der Waals surface area contributed by atoms with E-state index >= 15 is 0 Å². The molecule has 0 unspecified atom stereocenters. The number of benzene rings is 1. The van der Waals surface area contributed by atoms with Crippen LogP contribution in [-0.4, -0.2) is 24.8 Å². The minimum Gasteiger partial charge on any atom is -0.493 e. The summed E-state index contributed by atoms with van der Waals surface area (Å²) in [6, 6.07) is 5.57. The lowest BCUT2D eigenvalue weighted by molar-refractivity contribution is -0.157. The van der Waals surface area contributed by atoms with Crippen molar-refractivity contribution in [1.82, 2.24) is 0 Å². The Morgan fingerprint density at radius 3 is 2.07 bits per heavy atom. The number of ether oxygens (including phenoxy) is 3. The van der Waals surface area contributed by atoms with E-state index < -0.39 is 11.6 Å². The maximum absolute atomic E-state index is 11.8. The van der Waals surface area contributed by atoms with Gasteiger partial charge in [0.2, 0.25) is 0 Å². The molecule has 0 bridgehead atoms.